The maximum absolute atomic E-state index is 11.3. The van der Waals surface area contributed by atoms with E-state index in [9.17, 15) is 4.79 Å². The van der Waals surface area contributed by atoms with Gasteiger partial charge >= 0.3 is 5.76 Å². The summed E-state index contributed by atoms with van der Waals surface area (Å²) in [6.07, 6.45) is 18.5. The summed E-state index contributed by atoms with van der Waals surface area (Å²) in [4.78, 5) is 13.9. The Kier molecular flexibility index (Phi) is 10.1. The van der Waals surface area contributed by atoms with Gasteiger partial charge < -0.3 is 4.42 Å². The number of rotatable bonds is 14. The van der Waals surface area contributed by atoms with E-state index < -0.39 is 0 Å². The molecule has 3 nitrogen and oxygen atoms in total. The smallest absolute Gasteiger partial charge is 0.412 e. The molecule has 3 heteroatoms. The lowest BCUT2D eigenvalue weighted by molar-refractivity contribution is 0.276. The molecule has 0 fully saturated rings. The van der Waals surface area contributed by atoms with Crippen molar-refractivity contribution < 1.29 is 4.42 Å². The van der Waals surface area contributed by atoms with E-state index >= 15 is 0 Å². The molecule has 0 aromatic carbocycles. The predicted octanol–water partition coefficient (Wildman–Crippen LogP) is 6.34. The Morgan fingerprint density at radius 1 is 0.870 bits per heavy atom. The van der Waals surface area contributed by atoms with Gasteiger partial charge in [-0.15, -0.1) is 0 Å². The molecule has 0 saturated heterocycles. The van der Waals surface area contributed by atoms with Gasteiger partial charge in [-0.2, -0.15) is 0 Å². The van der Waals surface area contributed by atoms with Gasteiger partial charge in [0.2, 0.25) is 0 Å². The van der Waals surface area contributed by atoms with Crippen molar-refractivity contribution in [3.8, 4) is 0 Å². The Bertz CT molecular complexity index is 442. The minimum absolute atomic E-state index is 0.0410. The third-order valence-corrected chi connectivity index (χ3v) is 5.41. The van der Waals surface area contributed by atoms with Gasteiger partial charge in [-0.3, -0.25) is 4.98 Å². The Morgan fingerprint density at radius 3 is 1.83 bits per heavy atom. The number of oxazole rings is 1. The summed E-state index contributed by atoms with van der Waals surface area (Å²) in [5.41, 5.74) is 0.0410. The highest BCUT2D eigenvalue weighted by atomic mass is 16.4. The largest absolute Gasteiger partial charge is 0.416 e. The molecule has 23 heavy (non-hydrogen) atoms. The Balaban J connectivity index is 2.20. The molecule has 0 atom stereocenters. The first-order valence-corrected chi connectivity index (χ1v) is 9.87. The van der Waals surface area contributed by atoms with Gasteiger partial charge in [-0.05, 0) is 19.3 Å². The van der Waals surface area contributed by atoms with Gasteiger partial charge in [0, 0.05) is 11.6 Å². The highest BCUT2D eigenvalue weighted by Crippen LogP contribution is 2.36. The molecule has 0 aliphatic heterocycles. The van der Waals surface area contributed by atoms with Crippen molar-refractivity contribution in [2.45, 2.75) is 110 Å². The fraction of sp³-hybridized carbons (Fsp3) is 0.850. The minimum Gasteiger partial charge on any atom is -0.412 e. The Morgan fingerprint density at radius 2 is 1.39 bits per heavy atom. The third kappa shape index (κ3) is 6.97. The molecule has 1 heterocycles. The highest BCUT2D eigenvalue weighted by Gasteiger charge is 2.31. The van der Waals surface area contributed by atoms with E-state index in [2.05, 4.69) is 25.8 Å². The van der Waals surface area contributed by atoms with Crippen LogP contribution < -0.4 is 5.76 Å². The lowest BCUT2D eigenvalue weighted by Crippen LogP contribution is -2.24. The van der Waals surface area contributed by atoms with E-state index in [4.69, 9.17) is 4.42 Å². The summed E-state index contributed by atoms with van der Waals surface area (Å²) in [6.45, 7) is 6.67. The molecule has 0 aliphatic carbocycles. The predicted molar refractivity (Wildman–Crippen MR) is 98.0 cm³/mol. The van der Waals surface area contributed by atoms with Gasteiger partial charge in [-0.25, -0.2) is 4.79 Å². The van der Waals surface area contributed by atoms with E-state index in [-0.39, 0.29) is 11.2 Å². The topological polar surface area (TPSA) is 46.0 Å². The van der Waals surface area contributed by atoms with Crippen LogP contribution in [0.3, 0.4) is 0 Å². The van der Waals surface area contributed by atoms with Crippen molar-refractivity contribution >= 4 is 0 Å². The van der Waals surface area contributed by atoms with Crippen molar-refractivity contribution in [2.24, 2.45) is 0 Å². The molecule has 1 aromatic heterocycles. The molecule has 1 N–H and O–H groups in total. The normalized spacial score (nSPS) is 12.0. The number of nitrogens with one attached hydrogen (secondary N) is 1. The van der Waals surface area contributed by atoms with Crippen molar-refractivity contribution in [2.75, 3.05) is 0 Å². The van der Waals surface area contributed by atoms with Crippen LogP contribution in [0, 0.1) is 0 Å². The average Bonchev–Trinajstić information content (AvgIpc) is 3.00. The van der Waals surface area contributed by atoms with E-state index in [1.54, 1.807) is 6.20 Å². The van der Waals surface area contributed by atoms with Crippen LogP contribution in [0.25, 0.3) is 0 Å². The number of aromatic amines is 1. The van der Waals surface area contributed by atoms with Crippen LogP contribution in [0.5, 0.6) is 0 Å². The monoisotopic (exact) mass is 323 g/mol. The summed E-state index contributed by atoms with van der Waals surface area (Å²) in [5.74, 6) is 0.526. The van der Waals surface area contributed by atoms with Crippen molar-refractivity contribution in [1.82, 2.24) is 4.98 Å². The first-order chi connectivity index (χ1) is 11.2. The Hall–Kier alpha value is -0.990. The molecule has 1 rings (SSSR count). The molecule has 0 spiro atoms. The van der Waals surface area contributed by atoms with Crippen LogP contribution in [0.15, 0.2) is 15.4 Å². The minimum atomic E-state index is -0.325. The Labute approximate surface area is 142 Å². The molecule has 1 aromatic rings. The fourth-order valence-electron chi connectivity index (χ4n) is 3.57. The summed E-state index contributed by atoms with van der Waals surface area (Å²) in [6, 6.07) is 0. The number of unbranched alkanes of at least 4 members (excludes halogenated alkanes) is 9. The molecule has 0 amide bonds. The van der Waals surface area contributed by atoms with E-state index in [1.807, 2.05) is 0 Å². The molecule has 0 radical (unpaired) electrons. The number of hydrogen-bond acceptors (Lipinski definition) is 2. The average molecular weight is 324 g/mol. The van der Waals surface area contributed by atoms with Crippen LogP contribution >= 0.6 is 0 Å². The van der Waals surface area contributed by atoms with Gasteiger partial charge in [0.1, 0.15) is 5.76 Å². The molecule has 0 aliphatic rings. The third-order valence-electron chi connectivity index (χ3n) is 5.41. The quantitative estimate of drug-likeness (QED) is 0.406. The summed E-state index contributed by atoms with van der Waals surface area (Å²) >= 11 is 0. The second-order valence-corrected chi connectivity index (χ2v) is 6.96. The number of hydrogen-bond donors (Lipinski definition) is 1. The highest BCUT2D eigenvalue weighted by molar-refractivity contribution is 5.09. The van der Waals surface area contributed by atoms with Crippen molar-refractivity contribution in [3.63, 3.8) is 0 Å². The van der Waals surface area contributed by atoms with Crippen LogP contribution in [-0.2, 0) is 5.41 Å². The molecule has 0 unspecified atom stereocenters. The van der Waals surface area contributed by atoms with Gasteiger partial charge in [0.25, 0.3) is 0 Å². The zero-order valence-corrected chi connectivity index (χ0v) is 15.6. The maximum Gasteiger partial charge on any atom is 0.416 e. The summed E-state index contributed by atoms with van der Waals surface area (Å²) in [7, 11) is 0. The molecular formula is C20H37NO2. The van der Waals surface area contributed by atoms with Gasteiger partial charge in [0.15, 0.2) is 0 Å². The SMILES string of the molecule is CCCCCCCCCCCCC(CC)(CC)c1c[nH]c(=O)o1. The standard InChI is InChI=1S/C20H37NO2/c1-4-7-8-9-10-11-12-13-14-15-16-20(5-2,6-3)18-17-21-19(22)23-18/h17H,4-16H2,1-3H3,(H,21,22). The summed E-state index contributed by atoms with van der Waals surface area (Å²) < 4.78 is 5.36. The second-order valence-electron chi connectivity index (χ2n) is 6.96. The molecule has 0 saturated carbocycles. The van der Waals surface area contributed by atoms with Crippen LogP contribution in [-0.4, -0.2) is 4.98 Å². The lowest BCUT2D eigenvalue weighted by atomic mass is 9.76. The zero-order chi connectivity index (χ0) is 17.0. The van der Waals surface area contributed by atoms with Crippen LogP contribution in [0.4, 0.5) is 0 Å². The summed E-state index contributed by atoms with van der Waals surface area (Å²) in [5, 5.41) is 0. The van der Waals surface area contributed by atoms with Crippen molar-refractivity contribution in [3.05, 3.63) is 22.5 Å². The van der Waals surface area contributed by atoms with E-state index in [0.29, 0.717) is 0 Å². The first kappa shape index (κ1) is 20.1. The van der Waals surface area contributed by atoms with Gasteiger partial charge in [-0.1, -0.05) is 85.0 Å². The first-order valence-electron chi connectivity index (χ1n) is 9.87. The number of aromatic nitrogens is 1. The maximum atomic E-state index is 11.3. The van der Waals surface area contributed by atoms with E-state index in [0.717, 1.165) is 25.0 Å². The molecule has 134 valence electrons. The van der Waals surface area contributed by atoms with Crippen LogP contribution in [0.1, 0.15) is 110 Å². The lowest BCUT2D eigenvalue weighted by Gasteiger charge is -2.29. The molecular weight excluding hydrogens is 286 g/mol. The van der Waals surface area contributed by atoms with Crippen molar-refractivity contribution in [1.29, 1.82) is 0 Å². The second kappa shape index (κ2) is 11.5. The van der Waals surface area contributed by atoms with Gasteiger partial charge in [0.05, 0.1) is 0 Å². The zero-order valence-electron chi connectivity index (χ0n) is 15.6. The molecule has 0 bridgehead atoms. The fourth-order valence-corrected chi connectivity index (χ4v) is 3.57. The van der Waals surface area contributed by atoms with Crippen LogP contribution in [0.2, 0.25) is 0 Å². The number of H-pyrrole nitrogens is 1. The van der Waals surface area contributed by atoms with E-state index in [1.165, 1.54) is 64.2 Å².